The van der Waals surface area contributed by atoms with Crippen molar-refractivity contribution in [3.63, 3.8) is 0 Å². The molecule has 0 aromatic heterocycles. The molecule has 14 heavy (non-hydrogen) atoms. The fourth-order valence-corrected chi connectivity index (χ4v) is 1.50. The third kappa shape index (κ3) is 3.12. The SMILES string of the molecule is C=C(C)CN1CCOC(C(=O)OC)C1. The highest BCUT2D eigenvalue weighted by Crippen LogP contribution is 2.07. The molecule has 0 N–H and O–H groups in total. The van der Waals surface area contributed by atoms with Gasteiger partial charge in [-0.1, -0.05) is 12.2 Å². The van der Waals surface area contributed by atoms with E-state index in [9.17, 15) is 4.79 Å². The van der Waals surface area contributed by atoms with Crippen molar-refractivity contribution < 1.29 is 14.3 Å². The van der Waals surface area contributed by atoms with Gasteiger partial charge in [-0.25, -0.2) is 4.79 Å². The first-order valence-electron chi connectivity index (χ1n) is 4.69. The Hall–Kier alpha value is -0.870. The number of ether oxygens (including phenoxy) is 2. The number of methoxy groups -OCH3 is 1. The second-order valence-electron chi connectivity index (χ2n) is 3.57. The van der Waals surface area contributed by atoms with Crippen molar-refractivity contribution >= 4 is 5.97 Å². The number of rotatable bonds is 3. The number of hydrogen-bond donors (Lipinski definition) is 0. The zero-order valence-corrected chi connectivity index (χ0v) is 8.78. The second kappa shape index (κ2) is 5.12. The van der Waals surface area contributed by atoms with Gasteiger partial charge in [0.15, 0.2) is 6.10 Å². The van der Waals surface area contributed by atoms with Crippen LogP contribution in [0.1, 0.15) is 6.92 Å². The van der Waals surface area contributed by atoms with E-state index in [2.05, 4.69) is 16.2 Å². The van der Waals surface area contributed by atoms with E-state index >= 15 is 0 Å². The van der Waals surface area contributed by atoms with E-state index in [4.69, 9.17) is 4.74 Å². The molecule has 0 aromatic carbocycles. The van der Waals surface area contributed by atoms with Crippen LogP contribution in [0.25, 0.3) is 0 Å². The maximum absolute atomic E-state index is 11.2. The molecule has 1 aliphatic heterocycles. The van der Waals surface area contributed by atoms with Crippen LogP contribution in [-0.2, 0) is 14.3 Å². The number of carbonyl (C=O) groups excluding carboxylic acids is 1. The summed E-state index contributed by atoms with van der Waals surface area (Å²) in [7, 11) is 1.38. The lowest BCUT2D eigenvalue weighted by Gasteiger charge is -2.31. The van der Waals surface area contributed by atoms with Gasteiger partial charge in [-0.05, 0) is 6.92 Å². The van der Waals surface area contributed by atoms with E-state index in [0.717, 1.165) is 18.7 Å². The lowest BCUT2D eigenvalue weighted by molar-refractivity contribution is -0.159. The van der Waals surface area contributed by atoms with Gasteiger partial charge in [0, 0.05) is 19.6 Å². The predicted octanol–water partition coefficient (Wildman–Crippen LogP) is 0.436. The molecule has 1 atom stereocenters. The summed E-state index contributed by atoms with van der Waals surface area (Å²) in [4.78, 5) is 13.3. The largest absolute Gasteiger partial charge is 0.467 e. The number of morpholine rings is 1. The van der Waals surface area contributed by atoms with Crippen molar-refractivity contribution in [3.8, 4) is 0 Å². The van der Waals surface area contributed by atoms with Crippen LogP contribution in [0.15, 0.2) is 12.2 Å². The molecular weight excluding hydrogens is 182 g/mol. The van der Waals surface area contributed by atoms with Crippen molar-refractivity contribution in [3.05, 3.63) is 12.2 Å². The molecule has 1 rings (SSSR count). The summed E-state index contributed by atoms with van der Waals surface area (Å²) in [5.41, 5.74) is 1.09. The molecule has 0 aliphatic carbocycles. The minimum Gasteiger partial charge on any atom is -0.467 e. The summed E-state index contributed by atoms with van der Waals surface area (Å²) in [5, 5.41) is 0. The number of carbonyl (C=O) groups is 1. The quantitative estimate of drug-likeness (QED) is 0.488. The first-order valence-corrected chi connectivity index (χ1v) is 4.69. The molecule has 0 radical (unpaired) electrons. The number of nitrogens with zero attached hydrogens (tertiary/aromatic N) is 1. The van der Waals surface area contributed by atoms with Crippen LogP contribution in [0.4, 0.5) is 0 Å². The Labute approximate surface area is 84.5 Å². The van der Waals surface area contributed by atoms with Crippen LogP contribution in [0.3, 0.4) is 0 Å². The van der Waals surface area contributed by atoms with Crippen molar-refractivity contribution in [1.29, 1.82) is 0 Å². The average Bonchev–Trinajstić information content (AvgIpc) is 2.16. The Morgan fingerprint density at radius 2 is 2.43 bits per heavy atom. The molecule has 4 nitrogen and oxygen atoms in total. The van der Waals surface area contributed by atoms with Crippen molar-refractivity contribution in [2.45, 2.75) is 13.0 Å². The molecule has 0 amide bonds. The summed E-state index contributed by atoms with van der Waals surface area (Å²) < 4.78 is 9.93. The van der Waals surface area contributed by atoms with E-state index in [0.29, 0.717) is 13.2 Å². The lowest BCUT2D eigenvalue weighted by Crippen LogP contribution is -2.46. The molecule has 1 aliphatic rings. The van der Waals surface area contributed by atoms with E-state index < -0.39 is 6.10 Å². The van der Waals surface area contributed by atoms with Crippen LogP contribution in [-0.4, -0.2) is 50.3 Å². The van der Waals surface area contributed by atoms with Gasteiger partial charge < -0.3 is 9.47 Å². The van der Waals surface area contributed by atoms with E-state index in [1.165, 1.54) is 7.11 Å². The smallest absolute Gasteiger partial charge is 0.336 e. The van der Waals surface area contributed by atoms with Gasteiger partial charge in [-0.15, -0.1) is 0 Å². The monoisotopic (exact) mass is 199 g/mol. The molecule has 0 bridgehead atoms. The summed E-state index contributed by atoms with van der Waals surface area (Å²) in [5.74, 6) is -0.295. The van der Waals surface area contributed by atoms with Crippen LogP contribution in [0.5, 0.6) is 0 Å². The second-order valence-corrected chi connectivity index (χ2v) is 3.57. The lowest BCUT2D eigenvalue weighted by atomic mass is 10.2. The third-order valence-electron chi connectivity index (χ3n) is 2.11. The van der Waals surface area contributed by atoms with Crippen molar-refractivity contribution in [2.24, 2.45) is 0 Å². The van der Waals surface area contributed by atoms with Gasteiger partial charge in [0.2, 0.25) is 0 Å². The summed E-state index contributed by atoms with van der Waals surface area (Å²) in [6.45, 7) is 8.65. The van der Waals surface area contributed by atoms with Gasteiger partial charge in [0.05, 0.1) is 13.7 Å². The van der Waals surface area contributed by atoms with E-state index in [1.54, 1.807) is 0 Å². The standard InChI is InChI=1S/C10H17NO3/c1-8(2)6-11-4-5-14-9(7-11)10(12)13-3/h9H,1,4-7H2,2-3H3. The molecule has 1 fully saturated rings. The molecular formula is C10H17NO3. The summed E-state index contributed by atoms with van der Waals surface area (Å²) in [6.07, 6.45) is -0.437. The van der Waals surface area contributed by atoms with Gasteiger partial charge in [-0.2, -0.15) is 0 Å². The van der Waals surface area contributed by atoms with Gasteiger partial charge >= 0.3 is 5.97 Å². The summed E-state index contributed by atoms with van der Waals surface area (Å²) >= 11 is 0. The molecule has 1 unspecified atom stereocenters. The Morgan fingerprint density at radius 3 is 3.00 bits per heavy atom. The predicted molar refractivity (Wildman–Crippen MR) is 53.0 cm³/mol. The highest BCUT2D eigenvalue weighted by Gasteiger charge is 2.26. The topological polar surface area (TPSA) is 38.8 Å². The maximum atomic E-state index is 11.2. The minimum absolute atomic E-state index is 0.295. The Morgan fingerprint density at radius 1 is 1.71 bits per heavy atom. The van der Waals surface area contributed by atoms with Gasteiger partial charge in [0.25, 0.3) is 0 Å². The van der Waals surface area contributed by atoms with Crippen molar-refractivity contribution in [1.82, 2.24) is 4.90 Å². The third-order valence-corrected chi connectivity index (χ3v) is 2.11. The first kappa shape index (κ1) is 11.2. The Bertz CT molecular complexity index is 227. The first-order chi connectivity index (χ1) is 6.63. The molecule has 0 saturated carbocycles. The van der Waals surface area contributed by atoms with Gasteiger partial charge in [-0.3, -0.25) is 4.90 Å². The average molecular weight is 199 g/mol. The number of esters is 1. The highest BCUT2D eigenvalue weighted by atomic mass is 16.6. The molecule has 0 spiro atoms. The Kier molecular flexibility index (Phi) is 4.10. The fourth-order valence-electron chi connectivity index (χ4n) is 1.50. The highest BCUT2D eigenvalue weighted by molar-refractivity contribution is 5.74. The Balaban J connectivity index is 2.43. The normalized spacial score (nSPS) is 23.1. The molecule has 80 valence electrons. The molecule has 4 heteroatoms. The molecule has 1 saturated heterocycles. The van der Waals surface area contributed by atoms with Crippen LogP contribution in [0, 0.1) is 0 Å². The van der Waals surface area contributed by atoms with Crippen LogP contribution < -0.4 is 0 Å². The molecule has 1 heterocycles. The maximum Gasteiger partial charge on any atom is 0.336 e. The number of hydrogen-bond acceptors (Lipinski definition) is 4. The van der Waals surface area contributed by atoms with Crippen molar-refractivity contribution in [2.75, 3.05) is 33.4 Å². The zero-order chi connectivity index (χ0) is 10.6. The fraction of sp³-hybridized carbons (Fsp3) is 0.700. The van der Waals surface area contributed by atoms with Gasteiger partial charge in [0.1, 0.15) is 0 Å². The molecule has 0 aromatic rings. The van der Waals surface area contributed by atoms with E-state index in [-0.39, 0.29) is 5.97 Å². The minimum atomic E-state index is -0.437. The van der Waals surface area contributed by atoms with E-state index in [1.807, 2.05) is 6.92 Å². The van der Waals surface area contributed by atoms with Crippen LogP contribution >= 0.6 is 0 Å². The zero-order valence-electron chi connectivity index (χ0n) is 8.78. The summed E-state index contributed by atoms with van der Waals surface area (Å²) in [6, 6.07) is 0. The van der Waals surface area contributed by atoms with Crippen LogP contribution in [0.2, 0.25) is 0 Å².